The molecule has 0 bridgehead atoms. The van der Waals surface area contributed by atoms with Crippen LogP contribution in [0.2, 0.25) is 0 Å². The number of imide groups is 1. The fourth-order valence-corrected chi connectivity index (χ4v) is 3.62. The van der Waals surface area contributed by atoms with E-state index in [1.165, 1.54) is 24.3 Å². The van der Waals surface area contributed by atoms with Crippen LogP contribution in [-0.4, -0.2) is 41.7 Å². The van der Waals surface area contributed by atoms with E-state index in [1.54, 1.807) is 19.9 Å². The molecule has 0 spiro atoms. The number of cyclic esters (lactones) is 2. The van der Waals surface area contributed by atoms with Crippen LogP contribution in [0, 0.1) is 11.8 Å². The zero-order valence-electron chi connectivity index (χ0n) is 15.4. The summed E-state index contributed by atoms with van der Waals surface area (Å²) in [5, 5.41) is 0. The van der Waals surface area contributed by atoms with Gasteiger partial charge in [-0.15, -0.1) is 0 Å². The summed E-state index contributed by atoms with van der Waals surface area (Å²) in [4.78, 5) is 38.6. The topological polar surface area (TPSA) is 72.9 Å². The third-order valence-corrected chi connectivity index (χ3v) is 5.18. The molecule has 0 aromatic heterocycles. The minimum Gasteiger partial charge on any atom is -0.447 e. The molecule has 2 aliphatic rings. The Kier molecular flexibility index (Phi) is 5.12. The van der Waals surface area contributed by atoms with Crippen molar-refractivity contribution >= 4 is 18.0 Å². The molecule has 9 heteroatoms. The van der Waals surface area contributed by atoms with Crippen molar-refractivity contribution in [2.45, 2.75) is 44.5 Å². The lowest BCUT2D eigenvalue weighted by Gasteiger charge is -2.41. The van der Waals surface area contributed by atoms with E-state index in [0.717, 1.165) is 4.90 Å². The van der Waals surface area contributed by atoms with Crippen LogP contribution in [0.25, 0.3) is 0 Å². The number of ether oxygens (including phenoxy) is 2. The molecule has 28 heavy (non-hydrogen) atoms. The molecule has 3 rings (SSSR count). The Morgan fingerprint density at radius 1 is 1.21 bits per heavy atom. The third kappa shape index (κ3) is 3.45. The predicted octanol–water partition coefficient (Wildman–Crippen LogP) is 3.40. The van der Waals surface area contributed by atoms with Gasteiger partial charge >= 0.3 is 18.2 Å². The van der Waals surface area contributed by atoms with Crippen molar-refractivity contribution in [3.05, 3.63) is 35.9 Å². The number of nitrogens with zero attached hydrogens (tertiary/aromatic N) is 1. The van der Waals surface area contributed by atoms with Gasteiger partial charge in [0.1, 0.15) is 6.61 Å². The van der Waals surface area contributed by atoms with Crippen LogP contribution in [0.5, 0.6) is 0 Å². The van der Waals surface area contributed by atoms with Gasteiger partial charge in [-0.3, -0.25) is 9.59 Å². The molecule has 2 fully saturated rings. The number of hydrogen-bond donors (Lipinski definition) is 0. The maximum Gasteiger partial charge on any atom is 0.417 e. The second-order valence-corrected chi connectivity index (χ2v) is 7.38. The number of alkyl halides is 3. The van der Waals surface area contributed by atoms with Gasteiger partial charge in [0.15, 0.2) is 0 Å². The Balaban J connectivity index is 2.11. The van der Waals surface area contributed by atoms with Crippen molar-refractivity contribution in [2.75, 3.05) is 6.61 Å². The summed E-state index contributed by atoms with van der Waals surface area (Å²) in [6.07, 6.45) is -7.31. The summed E-state index contributed by atoms with van der Waals surface area (Å²) in [5.74, 6) is -4.41. The Morgan fingerprint density at radius 3 is 2.43 bits per heavy atom. The molecule has 1 aromatic carbocycles. The van der Waals surface area contributed by atoms with Crippen LogP contribution in [0.3, 0.4) is 0 Å². The molecule has 6 nitrogen and oxygen atoms in total. The number of esters is 1. The van der Waals surface area contributed by atoms with Crippen molar-refractivity contribution in [2.24, 2.45) is 11.8 Å². The van der Waals surface area contributed by atoms with Crippen molar-refractivity contribution in [3.8, 4) is 0 Å². The first-order valence-electron chi connectivity index (χ1n) is 8.91. The van der Waals surface area contributed by atoms with Gasteiger partial charge in [-0.1, -0.05) is 44.2 Å². The van der Waals surface area contributed by atoms with Gasteiger partial charge in [-0.25, -0.2) is 9.69 Å². The van der Waals surface area contributed by atoms with Gasteiger partial charge in [-0.05, 0) is 5.92 Å². The molecule has 2 saturated heterocycles. The maximum absolute atomic E-state index is 13.5. The monoisotopic (exact) mass is 399 g/mol. The Bertz CT molecular complexity index is 780. The van der Waals surface area contributed by atoms with Crippen LogP contribution < -0.4 is 0 Å². The molecule has 1 aromatic rings. The first kappa shape index (κ1) is 20.2. The minimum atomic E-state index is -4.69. The number of carbonyl (C=O) groups excluding carboxylic acids is 3. The fourth-order valence-electron chi connectivity index (χ4n) is 3.62. The number of amides is 2. The predicted molar refractivity (Wildman–Crippen MR) is 89.8 cm³/mol. The van der Waals surface area contributed by atoms with Crippen LogP contribution in [0.4, 0.5) is 18.0 Å². The zero-order chi connectivity index (χ0) is 20.7. The zero-order valence-corrected chi connectivity index (χ0v) is 15.4. The average molecular weight is 399 g/mol. The van der Waals surface area contributed by atoms with Crippen molar-refractivity contribution in [3.63, 3.8) is 0 Å². The highest BCUT2D eigenvalue weighted by Crippen LogP contribution is 2.46. The van der Waals surface area contributed by atoms with E-state index in [0.29, 0.717) is 0 Å². The normalized spacial score (nSPS) is 28.3. The number of benzene rings is 1. The number of carbonyl (C=O) groups is 3. The smallest absolute Gasteiger partial charge is 0.417 e. The number of halogens is 3. The standard InChI is InChI=1S/C19H20F3NO5/c1-11(2)14-10-27-17(26)23(14)16(25)18(12-6-4-3-5-7-12)9-13(19(20,21)22)8-15(24)28-18/h3-7,11,13-14H,8-10H2,1-2H3/t13-,14+,18+/m0/s1. The lowest BCUT2D eigenvalue weighted by molar-refractivity contribution is -0.224. The minimum absolute atomic E-state index is 0.0657. The molecular formula is C19H20F3NO5. The summed E-state index contributed by atoms with van der Waals surface area (Å²) in [5.41, 5.74) is -2.16. The Morgan fingerprint density at radius 2 is 1.86 bits per heavy atom. The largest absolute Gasteiger partial charge is 0.447 e. The third-order valence-electron chi connectivity index (χ3n) is 5.18. The number of rotatable bonds is 3. The van der Waals surface area contributed by atoms with Gasteiger partial charge in [0.2, 0.25) is 5.60 Å². The van der Waals surface area contributed by atoms with E-state index in [-0.39, 0.29) is 18.1 Å². The maximum atomic E-state index is 13.5. The molecular weight excluding hydrogens is 379 g/mol. The van der Waals surface area contributed by atoms with E-state index in [4.69, 9.17) is 9.47 Å². The SMILES string of the molecule is CC(C)[C@H]1COC(=O)N1C(=O)[C@]1(c2ccccc2)C[C@@H](C(F)(F)F)CC(=O)O1. The van der Waals surface area contributed by atoms with Crippen molar-refractivity contribution in [1.29, 1.82) is 0 Å². The summed E-state index contributed by atoms with van der Waals surface area (Å²) < 4.78 is 50.7. The molecule has 3 atom stereocenters. The van der Waals surface area contributed by atoms with Crippen LogP contribution in [0.1, 0.15) is 32.3 Å². The molecule has 0 N–H and O–H groups in total. The summed E-state index contributed by atoms with van der Waals surface area (Å²) in [7, 11) is 0. The highest BCUT2D eigenvalue weighted by molar-refractivity contribution is 6.00. The summed E-state index contributed by atoms with van der Waals surface area (Å²) >= 11 is 0. The van der Waals surface area contributed by atoms with Gasteiger partial charge in [0.25, 0.3) is 5.91 Å². The second kappa shape index (κ2) is 7.10. The molecule has 0 saturated carbocycles. The first-order chi connectivity index (χ1) is 13.1. The van der Waals surface area contributed by atoms with Gasteiger partial charge in [0.05, 0.1) is 18.4 Å². The highest BCUT2D eigenvalue weighted by Gasteiger charge is 2.59. The average Bonchev–Trinajstić information content (AvgIpc) is 3.02. The first-order valence-corrected chi connectivity index (χ1v) is 8.91. The lowest BCUT2D eigenvalue weighted by Crippen LogP contribution is -2.57. The van der Waals surface area contributed by atoms with Gasteiger partial charge in [-0.2, -0.15) is 13.2 Å². The molecule has 152 valence electrons. The Labute approximate surface area is 159 Å². The van der Waals surface area contributed by atoms with Crippen LogP contribution in [-0.2, 0) is 24.7 Å². The van der Waals surface area contributed by atoms with E-state index in [2.05, 4.69) is 0 Å². The summed E-state index contributed by atoms with van der Waals surface area (Å²) in [6, 6.07) is 6.83. The van der Waals surface area contributed by atoms with Crippen LogP contribution in [0.15, 0.2) is 30.3 Å². The van der Waals surface area contributed by atoms with E-state index >= 15 is 0 Å². The fraction of sp³-hybridized carbons (Fsp3) is 0.526. The molecule has 2 heterocycles. The van der Waals surface area contributed by atoms with E-state index in [9.17, 15) is 27.6 Å². The quantitative estimate of drug-likeness (QED) is 0.729. The highest BCUT2D eigenvalue weighted by atomic mass is 19.4. The molecule has 0 unspecified atom stereocenters. The summed E-state index contributed by atoms with van der Waals surface area (Å²) in [6.45, 7) is 3.45. The lowest BCUT2D eigenvalue weighted by atomic mass is 9.79. The molecule has 0 aliphatic carbocycles. The molecule has 2 aliphatic heterocycles. The van der Waals surface area contributed by atoms with Crippen molar-refractivity contribution in [1.82, 2.24) is 4.90 Å². The van der Waals surface area contributed by atoms with E-state index < -0.39 is 54.5 Å². The molecule has 2 amide bonds. The Hall–Kier alpha value is -2.58. The molecule has 0 radical (unpaired) electrons. The van der Waals surface area contributed by atoms with Crippen LogP contribution >= 0.6 is 0 Å². The van der Waals surface area contributed by atoms with E-state index in [1.807, 2.05) is 0 Å². The second-order valence-electron chi connectivity index (χ2n) is 7.38. The van der Waals surface area contributed by atoms with Gasteiger partial charge < -0.3 is 9.47 Å². The van der Waals surface area contributed by atoms with Gasteiger partial charge in [0, 0.05) is 12.0 Å². The van der Waals surface area contributed by atoms with Crippen molar-refractivity contribution < 1.29 is 37.0 Å². The number of hydrogen-bond acceptors (Lipinski definition) is 5.